The summed E-state index contributed by atoms with van der Waals surface area (Å²) in [6.07, 6.45) is -0.247. The largest absolute Gasteiger partial charge is 0.548 e. The van der Waals surface area contributed by atoms with Crippen molar-refractivity contribution < 1.29 is 33.7 Å². The number of carbonyl (C=O) groups excluding carboxylic acids is 2. The molecule has 3 N–H and O–H groups in total. The molecule has 1 amide bonds. The number of carboxylic acid groups (broad SMARTS) is 1. The van der Waals surface area contributed by atoms with Crippen molar-refractivity contribution in [1.82, 2.24) is 5.32 Å². The van der Waals surface area contributed by atoms with Gasteiger partial charge >= 0.3 is 5.63 Å². The topological polar surface area (TPSA) is 153 Å². The number of furan rings is 1. The Bertz CT molecular complexity index is 1530. The fraction of sp³-hybridized carbons (Fsp3) is 0.269. The molecule has 0 saturated carbocycles. The van der Waals surface area contributed by atoms with Crippen LogP contribution in [0.25, 0.3) is 21.9 Å². The van der Waals surface area contributed by atoms with Crippen LogP contribution >= 0.6 is 0 Å². The second-order valence-corrected chi connectivity index (χ2v) is 8.59. The Morgan fingerprint density at radius 1 is 0.971 bits per heavy atom. The molecule has 0 aliphatic heterocycles. The minimum Gasteiger partial charge on any atom is -0.548 e. The van der Waals surface area contributed by atoms with Crippen LogP contribution in [-0.4, -0.2) is 28.1 Å². The van der Waals surface area contributed by atoms with Gasteiger partial charge in [-0.3, -0.25) is 4.79 Å². The fourth-order valence-electron chi connectivity index (χ4n) is 4.14. The smallest absolute Gasteiger partial charge is 0.339 e. The average Bonchev–Trinajstić information content (AvgIpc) is 3.07. The Hall–Kier alpha value is -4.27. The number of fused-ring (bicyclic) bond motifs is 2. The third kappa shape index (κ3) is 4.70. The highest BCUT2D eigenvalue weighted by atomic mass is 16.4. The molecule has 0 aliphatic carbocycles. The van der Waals surface area contributed by atoms with E-state index in [-0.39, 0.29) is 25.0 Å². The van der Waals surface area contributed by atoms with Gasteiger partial charge in [-0.25, -0.2) is 4.79 Å². The number of rotatable bonds is 7. The minimum atomic E-state index is -1.50. The average molecular weight is 478 g/mol. The maximum absolute atomic E-state index is 12.6. The molecule has 4 rings (SSSR count). The van der Waals surface area contributed by atoms with Gasteiger partial charge in [0.15, 0.2) is 11.5 Å². The van der Waals surface area contributed by atoms with Crippen LogP contribution in [0.1, 0.15) is 34.4 Å². The number of hydrogen-bond acceptors (Lipinski definition) is 8. The number of benzene rings is 2. The molecule has 0 aliphatic rings. The molecule has 9 nitrogen and oxygen atoms in total. The van der Waals surface area contributed by atoms with E-state index in [0.29, 0.717) is 27.9 Å². The van der Waals surface area contributed by atoms with Crippen molar-refractivity contribution in [2.75, 3.05) is 0 Å². The summed E-state index contributed by atoms with van der Waals surface area (Å²) in [5, 5.41) is 34.6. The van der Waals surface area contributed by atoms with Gasteiger partial charge in [0.05, 0.1) is 12.0 Å². The molecule has 2 aromatic carbocycles. The third-order valence-corrected chi connectivity index (χ3v) is 6.28. The monoisotopic (exact) mass is 478 g/mol. The van der Waals surface area contributed by atoms with Gasteiger partial charge in [0, 0.05) is 28.8 Å². The molecule has 0 spiro atoms. The summed E-state index contributed by atoms with van der Waals surface area (Å²) >= 11 is 0. The van der Waals surface area contributed by atoms with Crippen LogP contribution in [0.15, 0.2) is 44.0 Å². The zero-order valence-corrected chi connectivity index (χ0v) is 19.4. The second-order valence-electron chi connectivity index (χ2n) is 8.59. The van der Waals surface area contributed by atoms with Crippen molar-refractivity contribution in [3.8, 4) is 11.5 Å². The van der Waals surface area contributed by atoms with Crippen molar-refractivity contribution in [2.24, 2.45) is 0 Å². The fourth-order valence-corrected chi connectivity index (χ4v) is 4.14. The van der Waals surface area contributed by atoms with E-state index in [1.165, 1.54) is 18.2 Å². The summed E-state index contributed by atoms with van der Waals surface area (Å²) in [5.74, 6) is -2.05. The molecule has 1 atom stereocenters. The summed E-state index contributed by atoms with van der Waals surface area (Å²) in [5.41, 5.74) is 2.82. The molecule has 0 radical (unpaired) electrons. The zero-order chi connectivity index (χ0) is 25.4. The molecule has 0 unspecified atom stereocenters. The molecule has 0 bridgehead atoms. The number of aromatic hydroxyl groups is 2. The SMILES string of the molecule is Cc1oc2cc3oc(=O)c(CCC(=O)N[C@@H](Cc4ccc(O)c(O)c4)C(=O)[O-])c(C)c3cc2c1C. The molecule has 2 aromatic heterocycles. The first-order valence-corrected chi connectivity index (χ1v) is 11.0. The lowest BCUT2D eigenvalue weighted by molar-refractivity contribution is -0.308. The quantitative estimate of drug-likeness (QED) is 0.270. The van der Waals surface area contributed by atoms with Crippen LogP contribution in [0.5, 0.6) is 11.5 Å². The molecular weight excluding hydrogens is 454 g/mol. The van der Waals surface area contributed by atoms with Gasteiger partial charge in [-0.15, -0.1) is 0 Å². The second kappa shape index (κ2) is 9.17. The number of nitrogens with one attached hydrogen (secondary N) is 1. The summed E-state index contributed by atoms with van der Waals surface area (Å²) in [6, 6.07) is 6.09. The highest BCUT2D eigenvalue weighted by molar-refractivity contribution is 5.96. The van der Waals surface area contributed by atoms with Crippen molar-refractivity contribution in [1.29, 1.82) is 0 Å². The number of carboxylic acids is 1. The number of phenols is 2. The lowest BCUT2D eigenvalue weighted by Crippen LogP contribution is -2.49. The lowest BCUT2D eigenvalue weighted by Gasteiger charge is -2.20. The Morgan fingerprint density at radius 2 is 1.66 bits per heavy atom. The zero-order valence-electron chi connectivity index (χ0n) is 19.4. The van der Waals surface area contributed by atoms with Gasteiger partial charge in [-0.05, 0) is 68.5 Å². The highest BCUT2D eigenvalue weighted by Crippen LogP contribution is 2.31. The summed E-state index contributed by atoms with van der Waals surface area (Å²) in [6.45, 7) is 5.58. The van der Waals surface area contributed by atoms with E-state index in [0.717, 1.165) is 22.1 Å². The number of aliphatic carboxylic acids is 1. The van der Waals surface area contributed by atoms with Gasteiger partial charge in [-0.1, -0.05) is 6.07 Å². The Balaban J connectivity index is 1.52. The van der Waals surface area contributed by atoms with Crippen molar-refractivity contribution in [2.45, 2.75) is 46.1 Å². The summed E-state index contributed by atoms with van der Waals surface area (Å²) in [7, 11) is 0. The summed E-state index contributed by atoms with van der Waals surface area (Å²) in [4.78, 5) is 36.7. The van der Waals surface area contributed by atoms with E-state index >= 15 is 0 Å². The van der Waals surface area contributed by atoms with E-state index in [2.05, 4.69) is 5.32 Å². The van der Waals surface area contributed by atoms with Gasteiger partial charge in [-0.2, -0.15) is 0 Å². The Morgan fingerprint density at radius 3 is 2.34 bits per heavy atom. The van der Waals surface area contributed by atoms with Gasteiger partial charge in [0.1, 0.15) is 16.9 Å². The van der Waals surface area contributed by atoms with Gasteiger partial charge in [0.25, 0.3) is 0 Å². The standard InChI is InChI=1S/C26H25NO8/c1-12-14(3)34-22-11-23-18(10-17(12)22)13(2)16(26(33)35-23)5-7-24(30)27-19(25(31)32)8-15-4-6-20(28)21(29)9-15/h4,6,9-11,19,28-29H,5,7-8H2,1-3H3,(H,27,30)(H,31,32)/p-1/t19-/m0/s1. The number of phenolic OH excluding ortho intramolecular Hbond substituents is 2. The van der Waals surface area contributed by atoms with E-state index < -0.39 is 29.3 Å². The number of aryl methyl sites for hydroxylation is 3. The van der Waals surface area contributed by atoms with Crippen molar-refractivity contribution >= 4 is 33.8 Å². The van der Waals surface area contributed by atoms with Crippen LogP contribution in [0, 0.1) is 20.8 Å². The van der Waals surface area contributed by atoms with E-state index in [1.807, 2.05) is 19.9 Å². The first kappa shape index (κ1) is 23.9. The van der Waals surface area contributed by atoms with E-state index in [1.54, 1.807) is 13.0 Å². The van der Waals surface area contributed by atoms with Crippen LogP contribution < -0.4 is 16.0 Å². The molecule has 35 heavy (non-hydrogen) atoms. The molecule has 0 saturated heterocycles. The number of carbonyl (C=O) groups is 2. The normalized spacial score (nSPS) is 12.2. The van der Waals surface area contributed by atoms with Crippen molar-refractivity contribution in [3.63, 3.8) is 0 Å². The van der Waals surface area contributed by atoms with E-state index in [9.17, 15) is 29.7 Å². The highest BCUT2D eigenvalue weighted by Gasteiger charge is 2.19. The minimum absolute atomic E-state index is 0.0527. The maximum atomic E-state index is 12.6. The molecule has 9 heteroatoms. The molecule has 0 fully saturated rings. The van der Waals surface area contributed by atoms with Gasteiger partial charge in [0.2, 0.25) is 5.91 Å². The van der Waals surface area contributed by atoms with E-state index in [4.69, 9.17) is 8.83 Å². The Labute approximate surface area is 199 Å². The first-order chi connectivity index (χ1) is 16.5. The van der Waals surface area contributed by atoms with Crippen LogP contribution in [0.4, 0.5) is 0 Å². The maximum Gasteiger partial charge on any atom is 0.339 e. The lowest BCUT2D eigenvalue weighted by atomic mass is 10.00. The summed E-state index contributed by atoms with van der Waals surface area (Å²) < 4.78 is 11.2. The molecule has 2 heterocycles. The van der Waals surface area contributed by atoms with Crippen molar-refractivity contribution in [3.05, 3.63) is 68.8 Å². The first-order valence-electron chi connectivity index (χ1n) is 11.0. The molecular formula is C26H24NO8-. The predicted molar refractivity (Wildman–Crippen MR) is 125 cm³/mol. The van der Waals surface area contributed by atoms with Crippen LogP contribution in [-0.2, 0) is 22.4 Å². The van der Waals surface area contributed by atoms with Gasteiger partial charge < -0.3 is 34.3 Å². The predicted octanol–water partition coefficient (Wildman–Crippen LogP) is 2.29. The molecule has 182 valence electrons. The number of amides is 1. The third-order valence-electron chi connectivity index (χ3n) is 6.28. The van der Waals surface area contributed by atoms with Crippen LogP contribution in [0.3, 0.4) is 0 Å². The molecule has 4 aromatic rings. The Kier molecular flexibility index (Phi) is 6.26. The van der Waals surface area contributed by atoms with Crippen LogP contribution in [0.2, 0.25) is 0 Å². The number of hydrogen-bond donors (Lipinski definition) is 3.